The van der Waals surface area contributed by atoms with Crippen LogP contribution in [0.2, 0.25) is 0 Å². The molecule has 2 aromatic carbocycles. The molecular formula is C18H16N2O3. The lowest BCUT2D eigenvalue weighted by Gasteiger charge is -2.39. The molecule has 5 heteroatoms. The minimum absolute atomic E-state index is 0.0723. The van der Waals surface area contributed by atoms with E-state index in [1.165, 1.54) is 11.6 Å². The molecule has 0 fully saturated rings. The van der Waals surface area contributed by atoms with Gasteiger partial charge in [0.2, 0.25) is 5.72 Å². The third-order valence-corrected chi connectivity index (χ3v) is 4.79. The van der Waals surface area contributed by atoms with Gasteiger partial charge in [0.1, 0.15) is 5.75 Å². The summed E-state index contributed by atoms with van der Waals surface area (Å²) in [6.07, 6.45) is 1.97. The first-order chi connectivity index (χ1) is 11.0. The Balaban J connectivity index is 1.80. The van der Waals surface area contributed by atoms with E-state index in [1.54, 1.807) is 12.1 Å². The molecule has 1 N–H and O–H groups in total. The molecule has 116 valence electrons. The summed E-state index contributed by atoms with van der Waals surface area (Å²) in [7, 11) is 0. The Kier molecular flexibility index (Phi) is 2.75. The standard InChI is InChI=1S/C18H16N2O3/c1-11-9-13-10-14(20(21)22)7-8-17(13)23-18(11)12(2)15-5-3-4-6-16(15)19-18/h3-10,12,19H,1-2H3. The van der Waals surface area contributed by atoms with Crippen molar-refractivity contribution < 1.29 is 9.66 Å². The van der Waals surface area contributed by atoms with Crippen LogP contribution in [0.1, 0.15) is 30.9 Å². The first-order valence-electron chi connectivity index (χ1n) is 7.54. The van der Waals surface area contributed by atoms with E-state index in [0.29, 0.717) is 5.75 Å². The normalized spacial score (nSPS) is 24.3. The summed E-state index contributed by atoms with van der Waals surface area (Å²) in [4.78, 5) is 10.6. The van der Waals surface area contributed by atoms with Crippen molar-refractivity contribution in [1.82, 2.24) is 0 Å². The zero-order valence-corrected chi connectivity index (χ0v) is 12.9. The molecule has 0 aliphatic carbocycles. The van der Waals surface area contributed by atoms with Crippen molar-refractivity contribution in [2.24, 2.45) is 0 Å². The summed E-state index contributed by atoms with van der Waals surface area (Å²) in [6.45, 7) is 4.13. The minimum Gasteiger partial charge on any atom is -0.463 e. The van der Waals surface area contributed by atoms with E-state index < -0.39 is 5.72 Å². The van der Waals surface area contributed by atoms with E-state index in [1.807, 2.05) is 31.2 Å². The Morgan fingerprint density at radius 3 is 2.78 bits per heavy atom. The molecule has 0 saturated heterocycles. The van der Waals surface area contributed by atoms with E-state index in [0.717, 1.165) is 16.8 Å². The lowest BCUT2D eigenvalue weighted by Crippen LogP contribution is -2.47. The van der Waals surface area contributed by atoms with Gasteiger partial charge in [-0.2, -0.15) is 0 Å². The third kappa shape index (κ3) is 1.86. The Bertz CT molecular complexity index is 859. The van der Waals surface area contributed by atoms with Crippen molar-refractivity contribution in [3.05, 3.63) is 69.3 Å². The summed E-state index contributed by atoms with van der Waals surface area (Å²) in [5.74, 6) is 0.798. The molecule has 0 saturated carbocycles. The number of anilines is 1. The zero-order valence-electron chi connectivity index (χ0n) is 12.9. The van der Waals surface area contributed by atoms with Crippen LogP contribution < -0.4 is 10.1 Å². The van der Waals surface area contributed by atoms with Crippen molar-refractivity contribution in [3.63, 3.8) is 0 Å². The first-order valence-corrected chi connectivity index (χ1v) is 7.54. The molecule has 1 spiro atoms. The number of para-hydroxylation sites is 1. The van der Waals surface area contributed by atoms with Crippen molar-refractivity contribution in [2.45, 2.75) is 25.5 Å². The highest BCUT2D eigenvalue weighted by molar-refractivity contribution is 5.72. The number of benzene rings is 2. The average molecular weight is 308 g/mol. The number of nitrogens with zero attached hydrogens (tertiary/aromatic N) is 1. The molecule has 0 amide bonds. The molecule has 4 rings (SSSR count). The maximum atomic E-state index is 11.0. The Labute approximate surface area is 133 Å². The number of non-ortho nitro benzene ring substituents is 1. The molecule has 2 heterocycles. The smallest absolute Gasteiger partial charge is 0.270 e. The molecule has 5 nitrogen and oxygen atoms in total. The number of rotatable bonds is 1. The number of fused-ring (bicyclic) bond motifs is 2. The van der Waals surface area contributed by atoms with Crippen LogP contribution in [0.3, 0.4) is 0 Å². The van der Waals surface area contributed by atoms with Crippen LogP contribution in [-0.4, -0.2) is 10.6 Å². The van der Waals surface area contributed by atoms with Gasteiger partial charge in [-0.05, 0) is 36.3 Å². The molecule has 2 aliphatic heterocycles. The Morgan fingerprint density at radius 1 is 1.26 bits per heavy atom. The van der Waals surface area contributed by atoms with Crippen molar-refractivity contribution >= 4 is 17.5 Å². The molecule has 0 bridgehead atoms. The van der Waals surface area contributed by atoms with Gasteiger partial charge in [-0.3, -0.25) is 10.1 Å². The predicted octanol–water partition coefficient (Wildman–Crippen LogP) is 4.32. The molecule has 2 aromatic rings. The first kappa shape index (κ1) is 13.8. The van der Waals surface area contributed by atoms with Gasteiger partial charge >= 0.3 is 0 Å². The molecule has 23 heavy (non-hydrogen) atoms. The van der Waals surface area contributed by atoms with Gasteiger partial charge in [-0.25, -0.2) is 0 Å². The highest BCUT2D eigenvalue weighted by Gasteiger charge is 2.48. The van der Waals surface area contributed by atoms with Crippen LogP contribution in [0.25, 0.3) is 6.08 Å². The summed E-state index contributed by atoms with van der Waals surface area (Å²) in [5.41, 5.74) is 3.47. The minimum atomic E-state index is -0.632. The summed E-state index contributed by atoms with van der Waals surface area (Å²) in [6, 6.07) is 12.9. The monoisotopic (exact) mass is 308 g/mol. The second-order valence-corrected chi connectivity index (χ2v) is 6.08. The topological polar surface area (TPSA) is 64.4 Å². The van der Waals surface area contributed by atoms with Gasteiger partial charge in [-0.15, -0.1) is 0 Å². The Hall–Kier alpha value is -2.82. The van der Waals surface area contributed by atoms with Gasteiger partial charge in [0.15, 0.2) is 0 Å². The van der Waals surface area contributed by atoms with E-state index in [2.05, 4.69) is 18.3 Å². The second-order valence-electron chi connectivity index (χ2n) is 6.08. The molecule has 0 radical (unpaired) electrons. The fourth-order valence-electron chi connectivity index (χ4n) is 3.52. The Morgan fingerprint density at radius 2 is 2.04 bits per heavy atom. The predicted molar refractivity (Wildman–Crippen MR) is 88.6 cm³/mol. The molecular weight excluding hydrogens is 292 g/mol. The number of nitro benzene ring substituents is 1. The number of hydrogen-bond donors (Lipinski definition) is 1. The highest BCUT2D eigenvalue weighted by atomic mass is 16.6. The average Bonchev–Trinajstić information content (AvgIpc) is 2.82. The zero-order chi connectivity index (χ0) is 16.2. The van der Waals surface area contributed by atoms with Crippen molar-refractivity contribution in [1.29, 1.82) is 0 Å². The van der Waals surface area contributed by atoms with E-state index in [4.69, 9.17) is 4.74 Å². The van der Waals surface area contributed by atoms with Gasteiger partial charge in [0.25, 0.3) is 5.69 Å². The second kappa shape index (κ2) is 4.59. The molecule has 2 unspecified atom stereocenters. The number of nitro groups is 1. The van der Waals surface area contributed by atoms with Gasteiger partial charge < -0.3 is 10.1 Å². The van der Waals surface area contributed by atoms with Crippen LogP contribution in [0.15, 0.2) is 48.0 Å². The lowest BCUT2D eigenvalue weighted by atomic mass is 9.86. The summed E-state index contributed by atoms with van der Waals surface area (Å²) < 4.78 is 6.32. The largest absolute Gasteiger partial charge is 0.463 e. The van der Waals surface area contributed by atoms with Gasteiger partial charge in [-0.1, -0.05) is 25.1 Å². The van der Waals surface area contributed by atoms with Gasteiger partial charge in [0, 0.05) is 29.3 Å². The fourth-order valence-corrected chi connectivity index (χ4v) is 3.52. The van der Waals surface area contributed by atoms with Gasteiger partial charge in [0.05, 0.1) is 4.92 Å². The van der Waals surface area contributed by atoms with Crippen LogP contribution in [0.4, 0.5) is 11.4 Å². The number of hydrogen-bond acceptors (Lipinski definition) is 4. The van der Waals surface area contributed by atoms with E-state index in [9.17, 15) is 10.1 Å². The van der Waals surface area contributed by atoms with E-state index >= 15 is 0 Å². The van der Waals surface area contributed by atoms with E-state index in [-0.39, 0.29) is 16.5 Å². The van der Waals surface area contributed by atoms with Crippen LogP contribution in [0.5, 0.6) is 5.75 Å². The maximum Gasteiger partial charge on any atom is 0.270 e. The summed E-state index contributed by atoms with van der Waals surface area (Å²) in [5, 5.41) is 14.5. The van der Waals surface area contributed by atoms with Crippen LogP contribution >= 0.6 is 0 Å². The number of ether oxygens (including phenoxy) is 1. The highest BCUT2D eigenvalue weighted by Crippen LogP contribution is 2.50. The molecule has 2 aliphatic rings. The third-order valence-electron chi connectivity index (χ3n) is 4.79. The molecule has 2 atom stereocenters. The summed E-state index contributed by atoms with van der Waals surface area (Å²) >= 11 is 0. The SMILES string of the molecule is CC1=Cc2cc([N+](=O)[O-])ccc2OC12Nc1ccccc1C2C. The molecule has 0 aromatic heterocycles. The van der Waals surface area contributed by atoms with Crippen LogP contribution in [0, 0.1) is 10.1 Å². The quantitative estimate of drug-likeness (QED) is 0.629. The number of nitrogens with one attached hydrogen (secondary N) is 1. The maximum absolute atomic E-state index is 11.0. The van der Waals surface area contributed by atoms with Crippen LogP contribution in [-0.2, 0) is 0 Å². The van der Waals surface area contributed by atoms with Crippen molar-refractivity contribution in [3.8, 4) is 5.75 Å². The fraction of sp³-hybridized carbons (Fsp3) is 0.222. The lowest BCUT2D eigenvalue weighted by molar-refractivity contribution is -0.384. The van der Waals surface area contributed by atoms with Crippen molar-refractivity contribution in [2.75, 3.05) is 5.32 Å².